The second-order valence-corrected chi connectivity index (χ2v) is 4.88. The van der Waals surface area contributed by atoms with Crippen LogP contribution in [-0.4, -0.2) is 45.5 Å². The van der Waals surface area contributed by atoms with Crippen LogP contribution in [0.25, 0.3) is 0 Å². The van der Waals surface area contributed by atoms with Gasteiger partial charge < -0.3 is 10.2 Å². The lowest BCUT2D eigenvalue weighted by Crippen LogP contribution is -2.33. The zero-order chi connectivity index (χ0) is 14.5. The summed E-state index contributed by atoms with van der Waals surface area (Å²) in [4.78, 5) is 20.5. The highest BCUT2D eigenvalue weighted by atomic mass is 16.6. The first kappa shape index (κ1) is 14.4. The number of hydrazine groups is 1. The van der Waals surface area contributed by atoms with Crippen LogP contribution in [0.5, 0.6) is 0 Å². The van der Waals surface area contributed by atoms with Crippen LogP contribution < -0.4 is 16.6 Å². The fourth-order valence-corrected chi connectivity index (χ4v) is 2.32. The van der Waals surface area contributed by atoms with E-state index in [1.54, 1.807) is 0 Å². The maximum atomic E-state index is 11.0. The van der Waals surface area contributed by atoms with Crippen molar-refractivity contribution in [2.75, 3.05) is 30.4 Å². The summed E-state index contributed by atoms with van der Waals surface area (Å²) in [7, 11) is 0. The number of hydrogen-bond acceptors (Lipinski definition) is 8. The van der Waals surface area contributed by atoms with Gasteiger partial charge in [-0.15, -0.1) is 0 Å². The van der Waals surface area contributed by atoms with Gasteiger partial charge in [-0.25, -0.2) is 10.8 Å². The topological polar surface area (TPSA) is 122 Å². The number of nitro groups is 1. The summed E-state index contributed by atoms with van der Waals surface area (Å²) < 4.78 is 0. The Morgan fingerprint density at radius 3 is 2.85 bits per heavy atom. The van der Waals surface area contributed by atoms with E-state index in [2.05, 4.69) is 25.6 Å². The summed E-state index contributed by atoms with van der Waals surface area (Å²) in [5, 5.41) is 14.0. The Bertz CT molecular complexity index is 476. The van der Waals surface area contributed by atoms with Crippen molar-refractivity contribution < 1.29 is 4.92 Å². The molecule has 0 bridgehead atoms. The summed E-state index contributed by atoms with van der Waals surface area (Å²) in [6.07, 6.45) is 3.57. The van der Waals surface area contributed by atoms with Crippen LogP contribution in [0.1, 0.15) is 19.8 Å². The van der Waals surface area contributed by atoms with E-state index in [1.807, 2.05) is 6.92 Å². The van der Waals surface area contributed by atoms with Gasteiger partial charge in [-0.3, -0.25) is 15.5 Å². The molecule has 0 aromatic carbocycles. The lowest BCUT2D eigenvalue weighted by Gasteiger charge is -2.21. The van der Waals surface area contributed by atoms with Crippen LogP contribution in [0.3, 0.4) is 0 Å². The Labute approximate surface area is 116 Å². The normalized spacial score (nSPS) is 16.9. The number of aromatic nitrogens is 2. The number of nitrogens with zero attached hydrogens (tertiary/aromatic N) is 4. The molecule has 1 unspecified atom stereocenters. The van der Waals surface area contributed by atoms with Crippen molar-refractivity contribution in [1.82, 2.24) is 14.9 Å². The number of likely N-dealkylation sites (tertiary alicyclic amines) is 1. The van der Waals surface area contributed by atoms with Crippen LogP contribution in [0.15, 0.2) is 6.20 Å². The zero-order valence-corrected chi connectivity index (χ0v) is 11.4. The predicted octanol–water partition coefficient (Wildman–Crippen LogP) is 0.567. The first-order valence-electron chi connectivity index (χ1n) is 6.57. The lowest BCUT2D eigenvalue weighted by molar-refractivity contribution is -0.384. The molecular formula is C11H19N7O2. The third-order valence-electron chi connectivity index (χ3n) is 3.21. The van der Waals surface area contributed by atoms with Crippen LogP contribution in [-0.2, 0) is 0 Å². The zero-order valence-electron chi connectivity index (χ0n) is 11.4. The summed E-state index contributed by atoms with van der Waals surface area (Å²) >= 11 is 0. The first-order valence-corrected chi connectivity index (χ1v) is 6.57. The molecule has 1 aromatic heterocycles. The second kappa shape index (κ2) is 6.44. The molecular weight excluding hydrogens is 262 g/mol. The fraction of sp³-hybridized carbons (Fsp3) is 0.636. The van der Waals surface area contributed by atoms with E-state index in [0.717, 1.165) is 25.8 Å². The van der Waals surface area contributed by atoms with Gasteiger partial charge in [0.25, 0.3) is 0 Å². The van der Waals surface area contributed by atoms with E-state index in [4.69, 9.17) is 5.84 Å². The maximum absolute atomic E-state index is 11.0. The minimum absolute atomic E-state index is 0.0484. The quantitative estimate of drug-likeness (QED) is 0.393. The van der Waals surface area contributed by atoms with Crippen molar-refractivity contribution in [3.05, 3.63) is 16.3 Å². The molecule has 0 aliphatic carbocycles. The highest BCUT2D eigenvalue weighted by molar-refractivity contribution is 5.57. The fourth-order valence-electron chi connectivity index (χ4n) is 2.32. The molecule has 110 valence electrons. The standard InChI is InChI=1S/C11H19N7O2/c1-8(7-17-4-2-3-5-17)14-10-9(18(19)20)6-13-11(15-10)16-12/h6,8H,2-5,7,12H2,1H3,(H2,13,14,15,16). The number of nitrogen functional groups attached to an aromatic ring is 1. The average molecular weight is 281 g/mol. The summed E-state index contributed by atoms with van der Waals surface area (Å²) in [6, 6.07) is 0.0484. The van der Waals surface area contributed by atoms with E-state index >= 15 is 0 Å². The van der Waals surface area contributed by atoms with Gasteiger partial charge in [-0.05, 0) is 32.9 Å². The smallest absolute Gasteiger partial charge is 0.329 e. The monoisotopic (exact) mass is 281 g/mol. The van der Waals surface area contributed by atoms with E-state index in [0.29, 0.717) is 0 Å². The van der Waals surface area contributed by atoms with Crippen molar-refractivity contribution >= 4 is 17.5 Å². The van der Waals surface area contributed by atoms with Gasteiger partial charge in [0.05, 0.1) is 4.92 Å². The van der Waals surface area contributed by atoms with Crippen molar-refractivity contribution in [2.45, 2.75) is 25.8 Å². The van der Waals surface area contributed by atoms with E-state index in [1.165, 1.54) is 12.8 Å². The number of rotatable bonds is 6. The number of nitrogens with two attached hydrogens (primary N) is 1. The molecule has 1 aliphatic heterocycles. The van der Waals surface area contributed by atoms with Crippen LogP contribution in [0.4, 0.5) is 17.5 Å². The van der Waals surface area contributed by atoms with Gasteiger partial charge in [0.15, 0.2) is 0 Å². The predicted molar refractivity (Wildman–Crippen MR) is 75.3 cm³/mol. The average Bonchev–Trinajstić information content (AvgIpc) is 2.90. The molecule has 20 heavy (non-hydrogen) atoms. The molecule has 1 aliphatic rings. The van der Waals surface area contributed by atoms with Crippen LogP contribution in [0, 0.1) is 10.1 Å². The molecule has 0 amide bonds. The molecule has 9 nitrogen and oxygen atoms in total. The molecule has 9 heteroatoms. The van der Waals surface area contributed by atoms with Crippen molar-refractivity contribution in [3.63, 3.8) is 0 Å². The summed E-state index contributed by atoms with van der Waals surface area (Å²) in [5.74, 6) is 5.56. The molecule has 4 N–H and O–H groups in total. The van der Waals surface area contributed by atoms with Gasteiger partial charge in [0.1, 0.15) is 6.20 Å². The second-order valence-electron chi connectivity index (χ2n) is 4.88. The van der Waals surface area contributed by atoms with Crippen LogP contribution in [0.2, 0.25) is 0 Å². The van der Waals surface area contributed by atoms with Gasteiger partial charge in [0, 0.05) is 12.6 Å². The van der Waals surface area contributed by atoms with Gasteiger partial charge in [-0.2, -0.15) is 4.98 Å². The molecule has 0 saturated carbocycles. The van der Waals surface area contributed by atoms with E-state index in [-0.39, 0.29) is 23.5 Å². The molecule has 2 heterocycles. The summed E-state index contributed by atoms with van der Waals surface area (Å²) in [5.41, 5.74) is 2.13. The molecule has 2 rings (SSSR count). The Balaban J connectivity index is 2.07. The maximum Gasteiger partial charge on any atom is 0.329 e. The number of nitrogens with one attached hydrogen (secondary N) is 2. The van der Waals surface area contributed by atoms with Gasteiger partial charge >= 0.3 is 5.69 Å². The minimum Gasteiger partial charge on any atom is -0.360 e. The van der Waals surface area contributed by atoms with Crippen molar-refractivity contribution in [3.8, 4) is 0 Å². The number of anilines is 2. The van der Waals surface area contributed by atoms with Gasteiger partial charge in [-0.1, -0.05) is 0 Å². The van der Waals surface area contributed by atoms with E-state index in [9.17, 15) is 10.1 Å². The Hall–Kier alpha value is -2.00. The molecule has 1 aromatic rings. The Morgan fingerprint density at radius 2 is 2.25 bits per heavy atom. The van der Waals surface area contributed by atoms with Gasteiger partial charge in [0.2, 0.25) is 11.8 Å². The van der Waals surface area contributed by atoms with E-state index < -0.39 is 4.92 Å². The summed E-state index contributed by atoms with van der Waals surface area (Å²) in [6.45, 7) is 4.95. The largest absolute Gasteiger partial charge is 0.360 e. The van der Waals surface area contributed by atoms with Crippen molar-refractivity contribution in [1.29, 1.82) is 0 Å². The third kappa shape index (κ3) is 3.52. The SMILES string of the molecule is CC(CN1CCCC1)Nc1nc(NN)ncc1[N+](=O)[O-]. The molecule has 1 fully saturated rings. The number of hydrogen-bond donors (Lipinski definition) is 3. The van der Waals surface area contributed by atoms with Crippen LogP contribution >= 0.6 is 0 Å². The highest BCUT2D eigenvalue weighted by Crippen LogP contribution is 2.22. The first-order chi connectivity index (χ1) is 9.60. The third-order valence-corrected chi connectivity index (χ3v) is 3.21. The molecule has 0 spiro atoms. The highest BCUT2D eigenvalue weighted by Gasteiger charge is 2.20. The molecule has 1 saturated heterocycles. The minimum atomic E-state index is -0.509. The van der Waals surface area contributed by atoms with Crippen molar-refractivity contribution in [2.24, 2.45) is 5.84 Å². The molecule has 0 radical (unpaired) electrons. The molecule has 1 atom stereocenters. The Morgan fingerprint density at radius 1 is 1.55 bits per heavy atom. The Kier molecular flexibility index (Phi) is 4.64. The lowest BCUT2D eigenvalue weighted by atomic mass is 10.3.